The van der Waals surface area contributed by atoms with Crippen LogP contribution in [-0.2, 0) is 0 Å². The van der Waals surface area contributed by atoms with Crippen molar-refractivity contribution in [1.82, 2.24) is 19.6 Å². The van der Waals surface area contributed by atoms with Crippen molar-refractivity contribution in [3.63, 3.8) is 0 Å². The van der Waals surface area contributed by atoms with E-state index in [0.29, 0.717) is 0 Å². The fraction of sp³-hybridized carbons (Fsp3) is 0. The van der Waals surface area contributed by atoms with E-state index in [1.165, 1.54) is 16.9 Å². The van der Waals surface area contributed by atoms with Gasteiger partial charge in [0.1, 0.15) is 11.5 Å². The normalized spacial score (nSPS) is 10.8. The van der Waals surface area contributed by atoms with Crippen LogP contribution in [-0.4, -0.2) is 24.5 Å². The molecule has 21 heavy (non-hydrogen) atoms. The summed E-state index contributed by atoms with van der Waals surface area (Å²) in [5.41, 5.74) is -0.376. The molecule has 0 bridgehead atoms. The molecule has 0 fully saturated rings. The lowest BCUT2D eigenvalue weighted by Crippen LogP contribution is -1.99. The zero-order valence-corrected chi connectivity index (χ0v) is 10.9. The zero-order chi connectivity index (χ0) is 15.0. The molecule has 0 radical (unpaired) electrons. The summed E-state index contributed by atoms with van der Waals surface area (Å²) in [7, 11) is 0. The molecule has 10 heteroatoms. The largest absolute Gasteiger partial charge is 0.436 e. The Bertz CT molecular complexity index is 853. The number of nitro groups is 1. The Kier molecular flexibility index (Phi) is 3.10. The number of ether oxygens (including phenoxy) is 1. The number of rotatable bonds is 3. The summed E-state index contributed by atoms with van der Waals surface area (Å²) >= 11 is 5.80. The molecule has 0 unspecified atom stereocenters. The fourth-order valence-corrected chi connectivity index (χ4v) is 1.80. The van der Waals surface area contributed by atoms with Crippen LogP contribution in [0, 0.1) is 15.9 Å². The molecule has 106 valence electrons. The van der Waals surface area contributed by atoms with Crippen LogP contribution in [0.3, 0.4) is 0 Å². The van der Waals surface area contributed by atoms with Crippen LogP contribution >= 0.6 is 11.6 Å². The second-order valence-electron chi connectivity index (χ2n) is 3.86. The predicted octanol–water partition coefficient (Wildman–Crippen LogP) is 2.62. The van der Waals surface area contributed by atoms with Crippen molar-refractivity contribution in [2.24, 2.45) is 0 Å². The summed E-state index contributed by atoms with van der Waals surface area (Å²) in [5, 5.41) is 14.5. The number of fused-ring (bicyclic) bond motifs is 1. The number of aromatic nitrogens is 4. The van der Waals surface area contributed by atoms with Crippen molar-refractivity contribution in [2.75, 3.05) is 0 Å². The lowest BCUT2D eigenvalue weighted by molar-refractivity contribution is -0.385. The molecule has 0 atom stereocenters. The highest BCUT2D eigenvalue weighted by atomic mass is 35.5. The first kappa shape index (κ1) is 13.2. The van der Waals surface area contributed by atoms with Gasteiger partial charge in [0.25, 0.3) is 11.5 Å². The molecule has 0 aliphatic rings. The van der Waals surface area contributed by atoms with E-state index in [4.69, 9.17) is 16.3 Å². The second-order valence-corrected chi connectivity index (χ2v) is 4.25. The third kappa shape index (κ3) is 2.46. The molecule has 0 spiro atoms. The molecular formula is C11H5ClFN5O3. The summed E-state index contributed by atoms with van der Waals surface area (Å²) in [6, 6.07) is 4.35. The fourth-order valence-electron chi connectivity index (χ4n) is 1.63. The van der Waals surface area contributed by atoms with Gasteiger partial charge in [-0.15, -0.1) is 0 Å². The highest BCUT2D eigenvalue weighted by molar-refractivity contribution is 6.29. The molecule has 3 aromatic rings. The van der Waals surface area contributed by atoms with E-state index in [-0.39, 0.29) is 28.2 Å². The lowest BCUT2D eigenvalue weighted by Gasteiger charge is -2.07. The number of benzene rings is 1. The quantitative estimate of drug-likeness (QED) is 0.419. The second kappa shape index (κ2) is 4.94. The number of hydrogen-bond acceptors (Lipinski definition) is 6. The monoisotopic (exact) mass is 309 g/mol. The Morgan fingerprint density at radius 2 is 2.19 bits per heavy atom. The summed E-state index contributed by atoms with van der Waals surface area (Å²) < 4.78 is 20.3. The Morgan fingerprint density at radius 1 is 1.38 bits per heavy atom. The highest BCUT2D eigenvalue weighted by Gasteiger charge is 2.15. The Labute approximate surface area is 120 Å². The molecule has 1 aromatic carbocycles. The molecule has 2 aromatic heterocycles. The van der Waals surface area contributed by atoms with Crippen LogP contribution in [0.25, 0.3) is 5.78 Å². The minimum absolute atomic E-state index is 0.0789. The van der Waals surface area contributed by atoms with Gasteiger partial charge in [-0.2, -0.15) is 19.6 Å². The smallest absolute Gasteiger partial charge is 0.272 e. The molecule has 8 nitrogen and oxygen atoms in total. The number of nitrogens with zero attached hydrogens (tertiary/aromatic N) is 5. The molecule has 0 saturated heterocycles. The maximum atomic E-state index is 13.8. The summed E-state index contributed by atoms with van der Waals surface area (Å²) in [5.74, 6) is -0.833. The van der Waals surface area contributed by atoms with E-state index in [2.05, 4.69) is 15.1 Å². The van der Waals surface area contributed by atoms with Gasteiger partial charge < -0.3 is 4.74 Å². The van der Waals surface area contributed by atoms with Crippen molar-refractivity contribution < 1.29 is 14.1 Å². The van der Waals surface area contributed by atoms with Crippen molar-refractivity contribution in [3.05, 3.63) is 51.7 Å². The SMILES string of the molecule is O=[N+]([O-])c1ccc(Oc2cc(Cl)nc3ncnn23)c(F)c1. The minimum atomic E-state index is -0.884. The molecule has 0 aliphatic heterocycles. The Morgan fingerprint density at radius 3 is 2.90 bits per heavy atom. The third-order valence-electron chi connectivity index (χ3n) is 2.53. The van der Waals surface area contributed by atoms with Crippen molar-refractivity contribution >= 4 is 23.1 Å². The van der Waals surface area contributed by atoms with Gasteiger partial charge in [0.15, 0.2) is 11.6 Å². The standard InChI is InChI=1S/C11H5ClFN5O3/c12-9-4-10(17-11(16-9)14-5-15-17)21-8-2-1-6(18(19)20)3-7(8)13/h1-5H. The molecule has 3 rings (SSSR count). The molecule has 0 saturated carbocycles. The maximum Gasteiger partial charge on any atom is 0.272 e. The van der Waals surface area contributed by atoms with Crippen LogP contribution in [0.15, 0.2) is 30.6 Å². The van der Waals surface area contributed by atoms with Crippen molar-refractivity contribution in [3.8, 4) is 11.6 Å². The number of halogens is 2. The van der Waals surface area contributed by atoms with E-state index in [1.807, 2.05) is 0 Å². The molecule has 0 amide bonds. The van der Waals surface area contributed by atoms with Crippen LogP contribution in [0.4, 0.5) is 10.1 Å². The molecule has 2 heterocycles. The average molecular weight is 310 g/mol. The maximum absolute atomic E-state index is 13.8. The first-order valence-electron chi connectivity index (χ1n) is 5.52. The van der Waals surface area contributed by atoms with Crippen LogP contribution in [0.5, 0.6) is 11.6 Å². The van der Waals surface area contributed by atoms with Crippen LogP contribution < -0.4 is 4.74 Å². The predicted molar refractivity (Wildman–Crippen MR) is 68.9 cm³/mol. The van der Waals surface area contributed by atoms with Gasteiger partial charge in [0.2, 0.25) is 5.88 Å². The topological polar surface area (TPSA) is 95.5 Å². The Balaban J connectivity index is 2.02. The molecular weight excluding hydrogens is 305 g/mol. The van der Waals surface area contributed by atoms with Gasteiger partial charge in [0.05, 0.1) is 11.0 Å². The van der Waals surface area contributed by atoms with E-state index < -0.39 is 10.7 Å². The number of non-ortho nitro benzene ring substituents is 1. The zero-order valence-electron chi connectivity index (χ0n) is 10.1. The van der Waals surface area contributed by atoms with Crippen molar-refractivity contribution in [1.29, 1.82) is 0 Å². The van der Waals surface area contributed by atoms with E-state index >= 15 is 0 Å². The van der Waals surface area contributed by atoms with E-state index in [1.54, 1.807) is 0 Å². The van der Waals surface area contributed by atoms with Gasteiger partial charge in [-0.25, -0.2) is 4.39 Å². The summed E-state index contributed by atoms with van der Waals surface area (Å²) in [6.45, 7) is 0. The van der Waals surface area contributed by atoms with Crippen molar-refractivity contribution in [2.45, 2.75) is 0 Å². The lowest BCUT2D eigenvalue weighted by atomic mass is 10.3. The van der Waals surface area contributed by atoms with Gasteiger partial charge in [0, 0.05) is 12.1 Å². The third-order valence-corrected chi connectivity index (χ3v) is 2.72. The number of nitro benzene ring substituents is 1. The van der Waals surface area contributed by atoms with E-state index in [0.717, 1.165) is 18.2 Å². The van der Waals surface area contributed by atoms with Gasteiger partial charge in [-0.05, 0) is 6.07 Å². The number of hydrogen-bond donors (Lipinski definition) is 0. The minimum Gasteiger partial charge on any atom is -0.436 e. The van der Waals surface area contributed by atoms with Gasteiger partial charge in [-0.1, -0.05) is 11.6 Å². The molecule has 0 N–H and O–H groups in total. The van der Waals surface area contributed by atoms with Crippen LogP contribution in [0.2, 0.25) is 5.15 Å². The summed E-state index contributed by atoms with van der Waals surface area (Å²) in [4.78, 5) is 17.6. The van der Waals surface area contributed by atoms with Gasteiger partial charge >= 0.3 is 0 Å². The highest BCUT2D eigenvalue weighted by Crippen LogP contribution is 2.28. The van der Waals surface area contributed by atoms with Gasteiger partial charge in [-0.3, -0.25) is 10.1 Å². The van der Waals surface area contributed by atoms with Crippen LogP contribution in [0.1, 0.15) is 0 Å². The first-order valence-corrected chi connectivity index (χ1v) is 5.90. The molecule has 0 aliphatic carbocycles. The summed E-state index contributed by atoms with van der Waals surface area (Å²) in [6.07, 6.45) is 1.23. The Hall–Kier alpha value is -2.81. The van der Waals surface area contributed by atoms with E-state index in [9.17, 15) is 14.5 Å². The first-order chi connectivity index (χ1) is 10.0. The average Bonchev–Trinajstić information content (AvgIpc) is 2.88.